The highest BCUT2D eigenvalue weighted by atomic mass is 16.3. The molecule has 4 N–H and O–H groups in total. The number of nitrogens with zero attached hydrogens (tertiary/aromatic N) is 2. The quantitative estimate of drug-likeness (QED) is 0.259. The smallest absolute Gasteiger partial charge is 0.221 e. The molecule has 1 atom stereocenters. The van der Waals surface area contributed by atoms with Crippen LogP contribution in [-0.2, 0) is 9.59 Å². The van der Waals surface area contributed by atoms with Crippen LogP contribution in [0.4, 0.5) is 0 Å². The Morgan fingerprint density at radius 2 is 1.33 bits per heavy atom. The van der Waals surface area contributed by atoms with Crippen LogP contribution in [0.1, 0.15) is 67.2 Å². The highest BCUT2D eigenvalue weighted by Crippen LogP contribution is 2.02. The predicted octanol–water partition coefficient (Wildman–Crippen LogP) is 1.15. The Labute approximate surface area is 184 Å². The molecular formula is C22H47N5O3. The van der Waals surface area contributed by atoms with Gasteiger partial charge in [0.05, 0.1) is 0 Å². The average Bonchev–Trinajstić information content (AvgIpc) is 2.59. The molecule has 0 heterocycles. The van der Waals surface area contributed by atoms with Crippen LogP contribution >= 0.6 is 0 Å². The number of aliphatic hydroxyl groups excluding tert-OH is 1. The number of nitrogens with one attached hydrogen (secondary N) is 3. The zero-order valence-electron chi connectivity index (χ0n) is 20.3. The van der Waals surface area contributed by atoms with Gasteiger partial charge in [-0.05, 0) is 68.0 Å². The summed E-state index contributed by atoms with van der Waals surface area (Å²) in [6, 6.07) is 0.556. The third-order valence-electron chi connectivity index (χ3n) is 4.54. The fourth-order valence-electron chi connectivity index (χ4n) is 3.08. The normalized spacial score (nSPS) is 13.0. The average molecular weight is 430 g/mol. The molecule has 0 aromatic carbocycles. The Kier molecular flexibility index (Phi) is 15.8. The Hall–Kier alpha value is -1.22. The molecule has 178 valence electrons. The number of amides is 2. The highest BCUT2D eigenvalue weighted by Gasteiger charge is 2.13. The van der Waals surface area contributed by atoms with Crippen LogP contribution in [0.15, 0.2) is 0 Å². The van der Waals surface area contributed by atoms with Crippen LogP contribution in [0, 0.1) is 0 Å². The molecule has 0 fully saturated rings. The van der Waals surface area contributed by atoms with Crippen molar-refractivity contribution in [2.75, 3.05) is 39.8 Å². The van der Waals surface area contributed by atoms with Crippen molar-refractivity contribution in [3.05, 3.63) is 0 Å². The van der Waals surface area contributed by atoms with Gasteiger partial charge >= 0.3 is 0 Å². The topological polar surface area (TPSA) is 96.9 Å². The van der Waals surface area contributed by atoms with Crippen molar-refractivity contribution in [1.82, 2.24) is 25.8 Å². The second-order valence-electron chi connectivity index (χ2n) is 9.07. The summed E-state index contributed by atoms with van der Waals surface area (Å²) in [5.74, 6) is 0.160. The molecule has 0 bridgehead atoms. The van der Waals surface area contributed by atoms with Gasteiger partial charge in [-0.15, -0.1) is 0 Å². The molecule has 0 aromatic rings. The van der Waals surface area contributed by atoms with Crippen molar-refractivity contribution < 1.29 is 14.7 Å². The largest absolute Gasteiger partial charge is 0.379 e. The first-order chi connectivity index (χ1) is 14.0. The molecular weight excluding hydrogens is 382 g/mol. The fraction of sp³-hybridized carbons (Fsp3) is 0.909. The lowest BCUT2D eigenvalue weighted by Crippen LogP contribution is -2.41. The van der Waals surface area contributed by atoms with Crippen molar-refractivity contribution >= 4 is 11.8 Å². The van der Waals surface area contributed by atoms with Crippen molar-refractivity contribution in [1.29, 1.82) is 0 Å². The molecule has 0 saturated heterocycles. The lowest BCUT2D eigenvalue weighted by molar-refractivity contribution is -0.122. The monoisotopic (exact) mass is 429 g/mol. The van der Waals surface area contributed by atoms with E-state index < -0.39 is 6.23 Å². The maximum absolute atomic E-state index is 11.9. The summed E-state index contributed by atoms with van der Waals surface area (Å²) in [5.41, 5.74) is 0. The van der Waals surface area contributed by atoms with E-state index in [0.29, 0.717) is 25.8 Å². The van der Waals surface area contributed by atoms with Crippen LogP contribution in [-0.4, -0.2) is 90.8 Å². The maximum atomic E-state index is 11.9. The van der Waals surface area contributed by atoms with Gasteiger partial charge in [-0.3, -0.25) is 14.9 Å². The van der Waals surface area contributed by atoms with E-state index in [0.717, 1.165) is 32.6 Å². The van der Waals surface area contributed by atoms with Crippen LogP contribution in [0.3, 0.4) is 0 Å². The lowest BCUT2D eigenvalue weighted by Gasteiger charge is -2.27. The third kappa shape index (κ3) is 17.6. The molecule has 0 aromatic heterocycles. The van der Waals surface area contributed by atoms with Gasteiger partial charge in [-0.1, -0.05) is 0 Å². The summed E-state index contributed by atoms with van der Waals surface area (Å²) in [4.78, 5) is 28.2. The van der Waals surface area contributed by atoms with E-state index in [2.05, 4.69) is 25.8 Å². The molecule has 30 heavy (non-hydrogen) atoms. The van der Waals surface area contributed by atoms with E-state index in [9.17, 15) is 14.7 Å². The van der Waals surface area contributed by atoms with Crippen molar-refractivity contribution in [3.8, 4) is 0 Å². The van der Waals surface area contributed by atoms with Crippen LogP contribution < -0.4 is 16.0 Å². The number of hydrogen-bond acceptors (Lipinski definition) is 6. The predicted molar refractivity (Wildman–Crippen MR) is 123 cm³/mol. The van der Waals surface area contributed by atoms with Gasteiger partial charge in [0.1, 0.15) is 6.23 Å². The summed E-state index contributed by atoms with van der Waals surface area (Å²) in [6.45, 7) is 15.8. The van der Waals surface area contributed by atoms with Crippen LogP contribution in [0.5, 0.6) is 0 Å². The van der Waals surface area contributed by atoms with Gasteiger partial charge in [0.25, 0.3) is 0 Å². The number of aliphatic hydroxyl groups is 1. The van der Waals surface area contributed by atoms with Gasteiger partial charge in [-0.2, -0.15) is 0 Å². The van der Waals surface area contributed by atoms with Crippen molar-refractivity contribution in [3.63, 3.8) is 0 Å². The fourth-order valence-corrected chi connectivity index (χ4v) is 3.08. The van der Waals surface area contributed by atoms with Crippen LogP contribution in [0.2, 0.25) is 0 Å². The summed E-state index contributed by atoms with van der Waals surface area (Å²) < 4.78 is 0. The Morgan fingerprint density at radius 3 is 1.87 bits per heavy atom. The van der Waals surface area contributed by atoms with E-state index in [4.69, 9.17) is 0 Å². The van der Waals surface area contributed by atoms with Gasteiger partial charge in [0.2, 0.25) is 11.8 Å². The van der Waals surface area contributed by atoms with Gasteiger partial charge in [-0.25, -0.2) is 0 Å². The molecule has 1 unspecified atom stereocenters. The van der Waals surface area contributed by atoms with E-state index in [1.807, 2.05) is 48.6 Å². The minimum absolute atomic E-state index is 0.0766. The SMILES string of the molecule is CC(C)NC(=O)CCCN(CCC(O)NC(C)C)CCN(C)CCC(=O)NC(C)C. The summed E-state index contributed by atoms with van der Waals surface area (Å²) >= 11 is 0. The molecule has 0 aliphatic carbocycles. The lowest BCUT2D eigenvalue weighted by atomic mass is 10.2. The van der Waals surface area contributed by atoms with Gasteiger partial charge < -0.3 is 25.5 Å². The van der Waals surface area contributed by atoms with Gasteiger partial charge in [0.15, 0.2) is 0 Å². The summed E-state index contributed by atoms with van der Waals surface area (Å²) in [7, 11) is 2.02. The van der Waals surface area contributed by atoms with E-state index in [-0.39, 0.29) is 29.9 Å². The van der Waals surface area contributed by atoms with Crippen molar-refractivity contribution in [2.24, 2.45) is 0 Å². The summed E-state index contributed by atoms with van der Waals surface area (Å²) in [5, 5.41) is 19.1. The van der Waals surface area contributed by atoms with Gasteiger partial charge in [0, 0.05) is 57.1 Å². The standard InChI is InChI=1S/C22H47N5O3/c1-17(2)23-20(28)9-8-12-27(14-11-22(30)25-19(5)6)16-15-26(7)13-10-21(29)24-18(3)4/h17-19,22,25,30H,8-16H2,1-7H3,(H,23,28)(H,24,29). The number of likely N-dealkylation sites (N-methyl/N-ethyl adjacent to an activating group) is 1. The molecule has 0 aliphatic heterocycles. The molecule has 0 radical (unpaired) electrons. The highest BCUT2D eigenvalue weighted by molar-refractivity contribution is 5.76. The summed E-state index contributed by atoms with van der Waals surface area (Å²) in [6.07, 6.45) is 1.88. The van der Waals surface area contributed by atoms with Crippen LogP contribution in [0.25, 0.3) is 0 Å². The molecule has 8 heteroatoms. The van der Waals surface area contributed by atoms with E-state index in [1.165, 1.54) is 0 Å². The minimum atomic E-state index is -0.533. The molecule has 8 nitrogen and oxygen atoms in total. The molecule has 0 aliphatic rings. The number of carbonyl (C=O) groups is 2. The second kappa shape index (κ2) is 16.5. The molecule has 0 spiro atoms. The van der Waals surface area contributed by atoms with E-state index >= 15 is 0 Å². The maximum Gasteiger partial charge on any atom is 0.221 e. The molecule has 0 saturated carbocycles. The Balaban J connectivity index is 4.44. The van der Waals surface area contributed by atoms with E-state index in [1.54, 1.807) is 0 Å². The molecule has 2 amide bonds. The second-order valence-corrected chi connectivity index (χ2v) is 9.07. The third-order valence-corrected chi connectivity index (χ3v) is 4.54. The zero-order valence-corrected chi connectivity index (χ0v) is 20.3. The Bertz CT molecular complexity index is 472. The first-order valence-electron chi connectivity index (χ1n) is 11.4. The Morgan fingerprint density at radius 1 is 0.767 bits per heavy atom. The molecule has 0 rings (SSSR count). The van der Waals surface area contributed by atoms with Crippen molar-refractivity contribution in [2.45, 2.75) is 91.6 Å². The number of rotatable bonds is 17. The minimum Gasteiger partial charge on any atom is -0.379 e. The first-order valence-corrected chi connectivity index (χ1v) is 11.4. The first kappa shape index (κ1) is 28.8. The zero-order chi connectivity index (χ0) is 23.1. The number of hydrogen-bond donors (Lipinski definition) is 4. The number of carbonyl (C=O) groups excluding carboxylic acids is 2.